The molecule has 0 atom stereocenters. The van der Waals surface area contributed by atoms with Crippen molar-refractivity contribution in [3.8, 4) is 11.5 Å². The number of rotatable bonds is 8. The number of likely N-dealkylation sites (N-methyl/N-ethyl adjacent to an activating group) is 1. The number of methoxy groups -OCH3 is 2. The van der Waals surface area contributed by atoms with Gasteiger partial charge in [0.15, 0.2) is 11.5 Å². The Morgan fingerprint density at radius 2 is 1.62 bits per heavy atom. The Labute approximate surface area is 187 Å². The first-order valence-electron chi connectivity index (χ1n) is 10.4. The monoisotopic (exact) mass is 444 g/mol. The summed E-state index contributed by atoms with van der Waals surface area (Å²) in [6.07, 6.45) is 0. The Morgan fingerprint density at radius 1 is 0.969 bits per heavy atom. The third-order valence-electron chi connectivity index (χ3n) is 5.44. The van der Waals surface area contributed by atoms with Gasteiger partial charge in [-0.3, -0.25) is 14.5 Å². The van der Waals surface area contributed by atoms with Crippen molar-refractivity contribution in [3.63, 3.8) is 0 Å². The van der Waals surface area contributed by atoms with E-state index in [1.165, 1.54) is 44.6 Å². The second-order valence-corrected chi connectivity index (χ2v) is 7.59. The lowest BCUT2D eigenvalue weighted by Crippen LogP contribution is -2.46. The summed E-state index contributed by atoms with van der Waals surface area (Å²) in [7, 11) is 5.01. The molecule has 0 radical (unpaired) electrons. The second kappa shape index (κ2) is 10.9. The van der Waals surface area contributed by atoms with Gasteiger partial charge in [-0.05, 0) is 25.2 Å². The molecular formula is C23H29FN4O4. The molecule has 9 heteroatoms. The number of anilines is 1. The molecule has 0 aromatic heterocycles. The maximum atomic E-state index is 14.0. The summed E-state index contributed by atoms with van der Waals surface area (Å²) in [5.41, 5.74) is 0.280. The van der Waals surface area contributed by atoms with Crippen LogP contribution in [0.4, 0.5) is 10.1 Å². The molecule has 172 valence electrons. The Kier molecular flexibility index (Phi) is 8.02. The predicted octanol–water partition coefficient (Wildman–Crippen LogP) is 2.07. The van der Waals surface area contributed by atoms with Crippen molar-refractivity contribution >= 4 is 17.5 Å². The van der Waals surface area contributed by atoms with Crippen LogP contribution in [-0.2, 0) is 0 Å². The number of benzene rings is 2. The lowest BCUT2D eigenvalue weighted by Gasteiger charge is -2.32. The van der Waals surface area contributed by atoms with Crippen LogP contribution in [0, 0.1) is 5.82 Å². The third kappa shape index (κ3) is 5.74. The molecule has 1 saturated heterocycles. The molecule has 2 amide bonds. The number of amides is 2. The summed E-state index contributed by atoms with van der Waals surface area (Å²) in [5.74, 6) is -1.000. The highest BCUT2D eigenvalue weighted by atomic mass is 19.1. The highest BCUT2D eigenvalue weighted by Gasteiger charge is 2.21. The van der Waals surface area contributed by atoms with Gasteiger partial charge in [-0.2, -0.15) is 0 Å². The van der Waals surface area contributed by atoms with E-state index < -0.39 is 11.7 Å². The number of ether oxygens (including phenoxy) is 2. The molecule has 1 heterocycles. The minimum atomic E-state index is -0.665. The summed E-state index contributed by atoms with van der Waals surface area (Å²) < 4.78 is 24.7. The van der Waals surface area contributed by atoms with Gasteiger partial charge in [-0.25, -0.2) is 4.39 Å². The normalized spacial score (nSPS) is 14.6. The van der Waals surface area contributed by atoms with Gasteiger partial charge in [0.25, 0.3) is 11.8 Å². The van der Waals surface area contributed by atoms with E-state index in [-0.39, 0.29) is 22.7 Å². The fraction of sp³-hybridized carbons (Fsp3) is 0.391. The Hall–Kier alpha value is -3.17. The van der Waals surface area contributed by atoms with Crippen LogP contribution in [0.5, 0.6) is 11.5 Å². The van der Waals surface area contributed by atoms with E-state index >= 15 is 0 Å². The number of nitrogens with zero attached hydrogens (tertiary/aromatic N) is 2. The summed E-state index contributed by atoms with van der Waals surface area (Å²) in [6.45, 7) is 5.08. The van der Waals surface area contributed by atoms with Crippen LogP contribution in [-0.4, -0.2) is 82.1 Å². The van der Waals surface area contributed by atoms with Gasteiger partial charge < -0.3 is 25.0 Å². The Bertz CT molecular complexity index is 961. The number of hydrogen-bond acceptors (Lipinski definition) is 6. The van der Waals surface area contributed by atoms with Crippen LogP contribution in [0.3, 0.4) is 0 Å². The molecule has 0 unspecified atom stereocenters. The molecule has 8 nitrogen and oxygen atoms in total. The van der Waals surface area contributed by atoms with E-state index in [1.54, 1.807) is 6.07 Å². The maximum absolute atomic E-state index is 14.0. The summed E-state index contributed by atoms with van der Waals surface area (Å²) in [5, 5.41) is 5.52. The van der Waals surface area contributed by atoms with Crippen molar-refractivity contribution in [1.82, 2.24) is 15.1 Å². The van der Waals surface area contributed by atoms with Crippen LogP contribution < -0.4 is 20.1 Å². The Balaban J connectivity index is 1.76. The smallest absolute Gasteiger partial charge is 0.258 e. The van der Waals surface area contributed by atoms with Crippen molar-refractivity contribution in [3.05, 3.63) is 53.3 Å². The zero-order valence-electron chi connectivity index (χ0n) is 18.6. The number of nitrogens with one attached hydrogen (secondary N) is 2. The minimum absolute atomic E-state index is 0.122. The largest absolute Gasteiger partial charge is 0.493 e. The van der Waals surface area contributed by atoms with E-state index in [0.29, 0.717) is 18.0 Å². The molecule has 1 fully saturated rings. The predicted molar refractivity (Wildman–Crippen MR) is 120 cm³/mol. The minimum Gasteiger partial charge on any atom is -0.493 e. The lowest BCUT2D eigenvalue weighted by molar-refractivity contribution is 0.0941. The van der Waals surface area contributed by atoms with Gasteiger partial charge in [0, 0.05) is 45.3 Å². The van der Waals surface area contributed by atoms with Crippen LogP contribution in [0.2, 0.25) is 0 Å². The fourth-order valence-corrected chi connectivity index (χ4v) is 3.50. The first-order chi connectivity index (χ1) is 15.4. The average molecular weight is 445 g/mol. The number of halogens is 1. The lowest BCUT2D eigenvalue weighted by atomic mass is 10.1. The van der Waals surface area contributed by atoms with Crippen LogP contribution in [0.1, 0.15) is 20.7 Å². The van der Waals surface area contributed by atoms with Crippen molar-refractivity contribution in [2.24, 2.45) is 0 Å². The average Bonchev–Trinajstić information content (AvgIpc) is 2.80. The summed E-state index contributed by atoms with van der Waals surface area (Å²) >= 11 is 0. The van der Waals surface area contributed by atoms with E-state index in [9.17, 15) is 14.0 Å². The Morgan fingerprint density at radius 3 is 2.28 bits per heavy atom. The first-order valence-corrected chi connectivity index (χ1v) is 10.4. The zero-order chi connectivity index (χ0) is 23.1. The van der Waals surface area contributed by atoms with Gasteiger partial charge >= 0.3 is 0 Å². The highest BCUT2D eigenvalue weighted by Crippen LogP contribution is 2.33. The molecule has 0 bridgehead atoms. The SMILES string of the molecule is COc1cc(NC(=O)c2ccccc2F)c(C(=O)NCCN2CCN(C)CC2)cc1OC. The van der Waals surface area contributed by atoms with E-state index in [2.05, 4.69) is 27.5 Å². The number of carbonyl (C=O) groups excluding carboxylic acids is 2. The van der Waals surface area contributed by atoms with Crippen molar-refractivity contribution in [2.45, 2.75) is 0 Å². The fourth-order valence-electron chi connectivity index (χ4n) is 3.50. The quantitative estimate of drug-likeness (QED) is 0.649. The molecule has 1 aliphatic rings. The first kappa shape index (κ1) is 23.5. The molecule has 2 aromatic carbocycles. The van der Waals surface area contributed by atoms with Gasteiger partial charge in [-0.15, -0.1) is 0 Å². The van der Waals surface area contributed by atoms with Gasteiger partial charge in [0.2, 0.25) is 0 Å². The van der Waals surface area contributed by atoms with Gasteiger partial charge in [0.05, 0.1) is 31.0 Å². The molecule has 1 aliphatic heterocycles. The zero-order valence-corrected chi connectivity index (χ0v) is 18.6. The molecule has 2 aromatic rings. The van der Waals surface area contributed by atoms with Gasteiger partial charge in [0.1, 0.15) is 5.82 Å². The number of piperazine rings is 1. The van der Waals surface area contributed by atoms with E-state index in [0.717, 1.165) is 32.7 Å². The highest BCUT2D eigenvalue weighted by molar-refractivity contribution is 6.09. The van der Waals surface area contributed by atoms with Crippen molar-refractivity contribution in [1.29, 1.82) is 0 Å². The van der Waals surface area contributed by atoms with Crippen molar-refractivity contribution in [2.75, 3.05) is 65.9 Å². The van der Waals surface area contributed by atoms with Crippen molar-refractivity contribution < 1.29 is 23.5 Å². The van der Waals surface area contributed by atoms with E-state index in [4.69, 9.17) is 9.47 Å². The molecule has 0 aliphatic carbocycles. The molecular weight excluding hydrogens is 415 g/mol. The molecule has 2 N–H and O–H groups in total. The standard InChI is InChI=1S/C23H29FN4O4/c1-27-10-12-28(13-11-27)9-8-25-22(29)17-14-20(31-2)21(32-3)15-19(17)26-23(30)16-6-4-5-7-18(16)24/h4-7,14-15H,8-13H2,1-3H3,(H,25,29)(H,26,30). The summed E-state index contributed by atoms with van der Waals surface area (Å²) in [6, 6.07) is 8.64. The maximum Gasteiger partial charge on any atom is 0.258 e. The molecule has 0 saturated carbocycles. The van der Waals surface area contributed by atoms with E-state index in [1.807, 2.05) is 0 Å². The summed E-state index contributed by atoms with van der Waals surface area (Å²) in [4.78, 5) is 30.2. The topological polar surface area (TPSA) is 83.1 Å². The number of hydrogen-bond donors (Lipinski definition) is 2. The molecule has 3 rings (SSSR count). The van der Waals surface area contributed by atoms with Gasteiger partial charge in [-0.1, -0.05) is 12.1 Å². The molecule has 0 spiro atoms. The number of carbonyl (C=O) groups is 2. The molecule has 32 heavy (non-hydrogen) atoms. The second-order valence-electron chi connectivity index (χ2n) is 7.59. The van der Waals surface area contributed by atoms with Crippen LogP contribution in [0.25, 0.3) is 0 Å². The van der Waals surface area contributed by atoms with Crippen LogP contribution >= 0.6 is 0 Å². The third-order valence-corrected chi connectivity index (χ3v) is 5.44. The van der Waals surface area contributed by atoms with Crippen LogP contribution in [0.15, 0.2) is 36.4 Å².